The molecule has 3 aromatic rings. The van der Waals surface area contributed by atoms with E-state index in [0.29, 0.717) is 5.75 Å². The summed E-state index contributed by atoms with van der Waals surface area (Å²) in [6.07, 6.45) is 0. The molecule has 3 rings (SSSR count). The summed E-state index contributed by atoms with van der Waals surface area (Å²) in [6, 6.07) is 14.9. The fraction of sp³-hybridized carbons (Fsp3) is 0.217. The Morgan fingerprint density at radius 3 is 2.55 bits per heavy atom. The molecule has 1 heterocycles. The number of nitrogens with one attached hydrogen (secondary N) is 1. The summed E-state index contributed by atoms with van der Waals surface area (Å²) >= 11 is 6.16. The van der Waals surface area contributed by atoms with E-state index in [1.165, 1.54) is 0 Å². The Morgan fingerprint density at radius 2 is 1.82 bits per heavy atom. The van der Waals surface area contributed by atoms with Gasteiger partial charge in [-0.15, -0.1) is 0 Å². The molecule has 0 aliphatic rings. The number of methoxy groups -OCH3 is 1. The lowest BCUT2D eigenvalue weighted by Gasteiger charge is -2.13. The quantitative estimate of drug-likeness (QED) is 0.478. The van der Waals surface area contributed by atoms with Crippen molar-refractivity contribution in [2.24, 2.45) is 0 Å². The fourth-order valence-electron chi connectivity index (χ4n) is 2.92. The average molecular weight is 472 g/mol. The predicted octanol–water partition coefficient (Wildman–Crippen LogP) is 2.77. The first-order valence-corrected chi connectivity index (χ1v) is 10.4. The standard InChI is InChI=1S/C23H22ClN3O6/c1-3-32-23(30)22-19(12-21(29)27(26-22)17-10-6-5-9-16(17)24)33-14-20(28)25-13-15-8-4-7-11-18(15)31-2/h4-12H,3,13-14H2,1-2H3,(H,25,28). The molecule has 1 aromatic heterocycles. The van der Waals surface area contributed by atoms with Crippen molar-refractivity contribution in [3.05, 3.63) is 81.2 Å². The molecule has 0 fully saturated rings. The van der Waals surface area contributed by atoms with Gasteiger partial charge in [0.2, 0.25) is 5.69 Å². The average Bonchev–Trinajstić information content (AvgIpc) is 2.82. The summed E-state index contributed by atoms with van der Waals surface area (Å²) in [5.41, 5.74) is 0.217. The Bertz CT molecular complexity index is 1210. The molecule has 2 aromatic carbocycles. The molecular weight excluding hydrogens is 450 g/mol. The molecule has 0 bridgehead atoms. The van der Waals surface area contributed by atoms with E-state index in [9.17, 15) is 14.4 Å². The van der Waals surface area contributed by atoms with Gasteiger partial charge in [0, 0.05) is 12.1 Å². The predicted molar refractivity (Wildman–Crippen MR) is 121 cm³/mol. The number of benzene rings is 2. The second-order valence-corrected chi connectivity index (χ2v) is 7.06. The molecule has 1 amide bonds. The van der Waals surface area contributed by atoms with Gasteiger partial charge in [-0.2, -0.15) is 9.78 Å². The molecule has 9 nitrogen and oxygen atoms in total. The molecule has 0 aliphatic heterocycles. The topological polar surface area (TPSA) is 109 Å². The Morgan fingerprint density at radius 1 is 1.09 bits per heavy atom. The molecule has 0 unspecified atom stereocenters. The van der Waals surface area contributed by atoms with E-state index in [4.69, 9.17) is 25.8 Å². The van der Waals surface area contributed by atoms with Gasteiger partial charge in [0.1, 0.15) is 5.75 Å². The van der Waals surface area contributed by atoms with Crippen LogP contribution in [0.3, 0.4) is 0 Å². The van der Waals surface area contributed by atoms with Gasteiger partial charge in [-0.1, -0.05) is 41.9 Å². The van der Waals surface area contributed by atoms with Crippen molar-refractivity contribution >= 4 is 23.5 Å². The summed E-state index contributed by atoms with van der Waals surface area (Å²) < 4.78 is 16.7. The maximum absolute atomic E-state index is 12.6. The van der Waals surface area contributed by atoms with E-state index in [1.807, 2.05) is 18.2 Å². The van der Waals surface area contributed by atoms with Gasteiger partial charge >= 0.3 is 5.97 Å². The van der Waals surface area contributed by atoms with Gasteiger partial charge in [-0.25, -0.2) is 4.79 Å². The monoisotopic (exact) mass is 471 g/mol. The molecule has 172 valence electrons. The molecule has 33 heavy (non-hydrogen) atoms. The number of esters is 1. The van der Waals surface area contributed by atoms with Crippen molar-refractivity contribution in [1.29, 1.82) is 0 Å². The van der Waals surface area contributed by atoms with Crippen LogP contribution >= 0.6 is 11.6 Å². The van der Waals surface area contributed by atoms with Gasteiger partial charge in [-0.3, -0.25) is 9.59 Å². The summed E-state index contributed by atoms with van der Waals surface area (Å²) in [7, 11) is 1.54. The van der Waals surface area contributed by atoms with Crippen LogP contribution in [0.1, 0.15) is 23.0 Å². The number of aromatic nitrogens is 2. The maximum atomic E-state index is 12.6. The van der Waals surface area contributed by atoms with Crippen LogP contribution in [0, 0.1) is 0 Å². The highest BCUT2D eigenvalue weighted by Gasteiger charge is 2.21. The Balaban J connectivity index is 1.79. The van der Waals surface area contributed by atoms with Crippen LogP contribution in [0.25, 0.3) is 5.69 Å². The van der Waals surface area contributed by atoms with Gasteiger partial charge < -0.3 is 19.5 Å². The van der Waals surface area contributed by atoms with Crippen molar-refractivity contribution in [2.45, 2.75) is 13.5 Å². The van der Waals surface area contributed by atoms with Gasteiger partial charge in [0.05, 0.1) is 30.5 Å². The molecule has 1 N–H and O–H groups in total. The van der Waals surface area contributed by atoms with Crippen LogP contribution in [0.2, 0.25) is 5.02 Å². The highest BCUT2D eigenvalue weighted by Crippen LogP contribution is 2.21. The van der Waals surface area contributed by atoms with Gasteiger partial charge in [0.15, 0.2) is 12.4 Å². The van der Waals surface area contributed by atoms with Crippen LogP contribution < -0.4 is 20.3 Å². The summed E-state index contributed by atoms with van der Waals surface area (Å²) in [6.45, 7) is 1.49. The van der Waals surface area contributed by atoms with E-state index in [1.54, 1.807) is 44.4 Å². The third kappa shape index (κ3) is 5.89. The number of amides is 1. The van der Waals surface area contributed by atoms with Crippen molar-refractivity contribution < 1.29 is 23.8 Å². The maximum Gasteiger partial charge on any atom is 0.362 e. The molecular formula is C23H22ClN3O6. The van der Waals surface area contributed by atoms with E-state index in [-0.39, 0.29) is 35.3 Å². The fourth-order valence-corrected chi connectivity index (χ4v) is 3.14. The van der Waals surface area contributed by atoms with Crippen LogP contribution in [0.4, 0.5) is 0 Å². The van der Waals surface area contributed by atoms with Crippen LogP contribution in [-0.4, -0.2) is 42.0 Å². The first kappa shape index (κ1) is 23.8. The van der Waals surface area contributed by atoms with Crippen LogP contribution in [0.5, 0.6) is 11.5 Å². The van der Waals surface area contributed by atoms with Crippen molar-refractivity contribution in [2.75, 3.05) is 20.3 Å². The minimum Gasteiger partial charge on any atom is -0.496 e. The molecule has 0 saturated heterocycles. The number of hydrogen-bond acceptors (Lipinski definition) is 7. The third-order valence-corrected chi connectivity index (χ3v) is 4.79. The Hall–Kier alpha value is -3.85. The molecule has 0 spiro atoms. The van der Waals surface area contributed by atoms with Crippen molar-refractivity contribution in [1.82, 2.24) is 15.1 Å². The lowest BCUT2D eigenvalue weighted by molar-refractivity contribution is -0.123. The highest BCUT2D eigenvalue weighted by molar-refractivity contribution is 6.32. The minimum absolute atomic E-state index is 0.0879. The first-order chi connectivity index (χ1) is 15.9. The first-order valence-electron chi connectivity index (χ1n) is 10.0. The molecule has 10 heteroatoms. The van der Waals surface area contributed by atoms with Gasteiger partial charge in [0.25, 0.3) is 11.5 Å². The van der Waals surface area contributed by atoms with Crippen molar-refractivity contribution in [3.63, 3.8) is 0 Å². The van der Waals surface area contributed by atoms with E-state index in [2.05, 4.69) is 10.4 Å². The van der Waals surface area contributed by atoms with E-state index >= 15 is 0 Å². The van der Waals surface area contributed by atoms with Crippen LogP contribution in [-0.2, 0) is 16.1 Å². The number of halogens is 1. The normalized spacial score (nSPS) is 10.4. The zero-order valence-electron chi connectivity index (χ0n) is 18.0. The third-order valence-electron chi connectivity index (χ3n) is 4.47. The number of hydrogen-bond donors (Lipinski definition) is 1. The lowest BCUT2D eigenvalue weighted by atomic mass is 10.2. The van der Waals surface area contributed by atoms with Gasteiger partial charge in [-0.05, 0) is 25.1 Å². The van der Waals surface area contributed by atoms with Crippen molar-refractivity contribution in [3.8, 4) is 17.2 Å². The molecule has 0 radical (unpaired) electrons. The lowest BCUT2D eigenvalue weighted by Crippen LogP contribution is -2.30. The Labute approximate surface area is 194 Å². The molecule has 0 saturated carbocycles. The molecule has 0 aliphatic carbocycles. The number of ether oxygens (including phenoxy) is 3. The van der Waals surface area contributed by atoms with E-state index < -0.39 is 24.0 Å². The SMILES string of the molecule is CCOC(=O)c1nn(-c2ccccc2Cl)c(=O)cc1OCC(=O)NCc1ccccc1OC. The van der Waals surface area contributed by atoms with Crippen LogP contribution in [0.15, 0.2) is 59.4 Å². The minimum atomic E-state index is -0.803. The smallest absolute Gasteiger partial charge is 0.362 e. The zero-order valence-corrected chi connectivity index (χ0v) is 18.8. The zero-order chi connectivity index (χ0) is 23.8. The molecule has 0 atom stereocenters. The number of nitrogens with zero attached hydrogens (tertiary/aromatic N) is 2. The second kappa shape index (κ2) is 11.1. The number of para-hydroxylation sites is 2. The Kier molecular flexibility index (Phi) is 8.04. The second-order valence-electron chi connectivity index (χ2n) is 6.66. The van der Waals surface area contributed by atoms with E-state index in [0.717, 1.165) is 16.3 Å². The highest BCUT2D eigenvalue weighted by atomic mass is 35.5. The number of carbonyl (C=O) groups is 2. The number of rotatable bonds is 9. The number of carbonyl (C=O) groups excluding carboxylic acids is 2. The summed E-state index contributed by atoms with van der Waals surface area (Å²) in [5, 5.41) is 7.05. The summed E-state index contributed by atoms with van der Waals surface area (Å²) in [4.78, 5) is 37.4. The summed E-state index contributed by atoms with van der Waals surface area (Å²) in [5.74, 6) is -0.807. The largest absolute Gasteiger partial charge is 0.496 e.